The van der Waals surface area contributed by atoms with Crippen molar-refractivity contribution in [3.8, 4) is 0 Å². The normalized spacial score (nSPS) is 17.6. The van der Waals surface area contributed by atoms with Crippen molar-refractivity contribution in [1.29, 1.82) is 0 Å². The molecule has 2 heterocycles. The third-order valence-corrected chi connectivity index (χ3v) is 4.84. The van der Waals surface area contributed by atoms with Gasteiger partial charge in [-0.25, -0.2) is 10.8 Å². The van der Waals surface area contributed by atoms with Gasteiger partial charge < -0.3 is 10.4 Å². The molecule has 0 bridgehead atoms. The van der Waals surface area contributed by atoms with E-state index in [4.69, 9.17) is 5.84 Å². The van der Waals surface area contributed by atoms with E-state index in [0.717, 1.165) is 41.7 Å². The number of nitrogens with zero attached hydrogens (tertiary/aromatic N) is 2. The van der Waals surface area contributed by atoms with Crippen molar-refractivity contribution in [3.63, 3.8) is 0 Å². The van der Waals surface area contributed by atoms with Gasteiger partial charge in [-0.05, 0) is 25.8 Å². The van der Waals surface area contributed by atoms with Gasteiger partial charge in [0.25, 0.3) is 0 Å². The second-order valence-electron chi connectivity index (χ2n) is 5.39. The van der Waals surface area contributed by atoms with Crippen molar-refractivity contribution in [2.45, 2.75) is 38.1 Å². The molecular weight excluding hydrogens is 274 g/mol. The Balaban J connectivity index is 2.05. The number of aryl methyl sites for hydroxylation is 1. The molecule has 0 spiro atoms. The number of fused-ring (bicyclic) bond motifs is 1. The molecule has 108 valence electrons. The minimum absolute atomic E-state index is 0.118. The van der Waals surface area contributed by atoms with Gasteiger partial charge in [0.1, 0.15) is 10.6 Å². The van der Waals surface area contributed by atoms with Crippen LogP contribution in [0.5, 0.6) is 0 Å². The van der Waals surface area contributed by atoms with E-state index >= 15 is 0 Å². The average molecular weight is 293 g/mol. The number of aromatic nitrogens is 2. The van der Waals surface area contributed by atoms with E-state index in [9.17, 15) is 5.11 Å². The second kappa shape index (κ2) is 5.16. The molecule has 1 aliphatic carbocycles. The van der Waals surface area contributed by atoms with Crippen LogP contribution in [0.25, 0.3) is 10.2 Å². The maximum absolute atomic E-state index is 9.74. The third kappa shape index (κ3) is 2.32. The highest BCUT2D eigenvalue weighted by Gasteiger charge is 2.34. The first-order valence-electron chi connectivity index (χ1n) is 6.80. The van der Waals surface area contributed by atoms with Gasteiger partial charge in [0.15, 0.2) is 0 Å². The molecule has 3 rings (SSSR count). The molecular formula is C13H19N5OS. The number of anilines is 2. The first-order chi connectivity index (χ1) is 9.65. The van der Waals surface area contributed by atoms with Crippen molar-refractivity contribution in [1.82, 2.24) is 9.97 Å². The summed E-state index contributed by atoms with van der Waals surface area (Å²) in [6.07, 6.45) is 4.19. The van der Waals surface area contributed by atoms with E-state index in [1.165, 1.54) is 4.88 Å². The number of rotatable bonds is 4. The van der Waals surface area contributed by atoms with Crippen LogP contribution >= 0.6 is 11.3 Å². The van der Waals surface area contributed by atoms with Crippen molar-refractivity contribution < 1.29 is 5.11 Å². The zero-order valence-corrected chi connectivity index (χ0v) is 12.3. The highest BCUT2D eigenvalue weighted by atomic mass is 32.1. The molecule has 20 heavy (non-hydrogen) atoms. The fourth-order valence-electron chi connectivity index (χ4n) is 2.83. The highest BCUT2D eigenvalue weighted by molar-refractivity contribution is 7.18. The van der Waals surface area contributed by atoms with Gasteiger partial charge in [-0.1, -0.05) is 12.8 Å². The molecule has 0 radical (unpaired) electrons. The van der Waals surface area contributed by atoms with Crippen LogP contribution in [0.15, 0.2) is 6.07 Å². The van der Waals surface area contributed by atoms with Crippen molar-refractivity contribution in [2.75, 3.05) is 17.3 Å². The number of hydrazine groups is 1. The van der Waals surface area contributed by atoms with Crippen LogP contribution in [-0.2, 0) is 0 Å². The molecule has 1 saturated carbocycles. The van der Waals surface area contributed by atoms with Gasteiger partial charge in [0.05, 0.1) is 17.5 Å². The monoisotopic (exact) mass is 293 g/mol. The van der Waals surface area contributed by atoms with E-state index in [1.807, 2.05) is 6.92 Å². The Morgan fingerprint density at radius 1 is 1.40 bits per heavy atom. The number of nitrogens with two attached hydrogens (primary N) is 1. The van der Waals surface area contributed by atoms with Crippen LogP contribution in [-0.4, -0.2) is 27.2 Å². The average Bonchev–Trinajstić information content (AvgIpc) is 3.05. The number of nitrogens with one attached hydrogen (secondary N) is 2. The predicted molar refractivity (Wildman–Crippen MR) is 81.9 cm³/mol. The minimum Gasteiger partial charge on any atom is -0.394 e. The number of aliphatic hydroxyl groups is 1. The standard InChI is InChI=1S/C13H19N5OS/c1-8-6-9-10(15-12(18-14)16-11(9)20-8)17-13(7-19)4-2-3-5-13/h6,19H,2-5,7,14H2,1H3,(H2,15,16,17,18). The molecule has 2 aromatic heterocycles. The number of hydrogen-bond donors (Lipinski definition) is 4. The van der Waals surface area contributed by atoms with Gasteiger partial charge in [0, 0.05) is 4.88 Å². The quantitative estimate of drug-likeness (QED) is 0.508. The molecule has 0 saturated heterocycles. The van der Waals surface area contributed by atoms with Crippen LogP contribution in [0.1, 0.15) is 30.6 Å². The smallest absolute Gasteiger partial charge is 0.240 e. The Morgan fingerprint density at radius 3 is 2.80 bits per heavy atom. The Morgan fingerprint density at radius 2 is 2.15 bits per heavy atom. The Bertz CT molecular complexity index is 620. The predicted octanol–water partition coefficient (Wildman–Crippen LogP) is 2.00. The maximum atomic E-state index is 9.74. The Labute approximate surface area is 121 Å². The molecule has 0 unspecified atom stereocenters. The summed E-state index contributed by atoms with van der Waals surface area (Å²) in [5.41, 5.74) is 2.25. The summed E-state index contributed by atoms with van der Waals surface area (Å²) in [5.74, 6) is 6.59. The van der Waals surface area contributed by atoms with E-state index in [0.29, 0.717) is 5.95 Å². The van der Waals surface area contributed by atoms with E-state index in [2.05, 4.69) is 26.8 Å². The van der Waals surface area contributed by atoms with Gasteiger partial charge >= 0.3 is 0 Å². The van der Waals surface area contributed by atoms with Crippen LogP contribution in [0.3, 0.4) is 0 Å². The summed E-state index contributed by atoms with van der Waals surface area (Å²) in [6, 6.07) is 2.07. The number of hydrogen-bond acceptors (Lipinski definition) is 7. The molecule has 0 atom stereocenters. The fourth-order valence-corrected chi connectivity index (χ4v) is 3.71. The zero-order valence-electron chi connectivity index (χ0n) is 11.4. The Hall–Kier alpha value is -1.44. The minimum atomic E-state index is -0.261. The Kier molecular flexibility index (Phi) is 3.49. The summed E-state index contributed by atoms with van der Waals surface area (Å²) in [7, 11) is 0. The molecule has 0 aliphatic heterocycles. The molecule has 6 nitrogen and oxygen atoms in total. The van der Waals surface area contributed by atoms with Gasteiger partial charge in [-0.3, -0.25) is 5.43 Å². The second-order valence-corrected chi connectivity index (χ2v) is 6.62. The van der Waals surface area contributed by atoms with E-state index in [1.54, 1.807) is 11.3 Å². The van der Waals surface area contributed by atoms with E-state index < -0.39 is 0 Å². The number of nitrogen functional groups attached to an aromatic ring is 1. The van der Waals surface area contributed by atoms with Crippen LogP contribution < -0.4 is 16.6 Å². The van der Waals surface area contributed by atoms with Crippen LogP contribution in [0.4, 0.5) is 11.8 Å². The first kappa shape index (κ1) is 13.5. The number of aliphatic hydroxyl groups excluding tert-OH is 1. The molecule has 0 amide bonds. The topological polar surface area (TPSA) is 96.1 Å². The highest BCUT2D eigenvalue weighted by Crippen LogP contribution is 2.36. The van der Waals surface area contributed by atoms with E-state index in [-0.39, 0.29) is 12.1 Å². The summed E-state index contributed by atoms with van der Waals surface area (Å²) in [6.45, 7) is 2.16. The molecule has 5 N–H and O–H groups in total. The first-order valence-corrected chi connectivity index (χ1v) is 7.61. The molecule has 7 heteroatoms. The fraction of sp³-hybridized carbons (Fsp3) is 0.538. The van der Waals surface area contributed by atoms with Crippen LogP contribution in [0.2, 0.25) is 0 Å². The summed E-state index contributed by atoms with van der Waals surface area (Å²) in [5, 5.41) is 14.2. The molecule has 0 aromatic carbocycles. The van der Waals surface area contributed by atoms with Crippen molar-refractivity contribution in [3.05, 3.63) is 10.9 Å². The van der Waals surface area contributed by atoms with Gasteiger partial charge in [-0.15, -0.1) is 11.3 Å². The lowest BCUT2D eigenvalue weighted by atomic mass is 9.99. The summed E-state index contributed by atoms with van der Waals surface area (Å²) < 4.78 is 0. The van der Waals surface area contributed by atoms with Gasteiger partial charge in [0.2, 0.25) is 5.95 Å². The summed E-state index contributed by atoms with van der Waals surface area (Å²) >= 11 is 1.61. The number of thiophene rings is 1. The third-order valence-electron chi connectivity index (χ3n) is 3.89. The molecule has 1 aliphatic rings. The SMILES string of the molecule is Cc1cc2c(NC3(CO)CCCC3)nc(NN)nc2s1. The van der Waals surface area contributed by atoms with Crippen molar-refractivity contribution in [2.24, 2.45) is 5.84 Å². The van der Waals surface area contributed by atoms with Gasteiger partial charge in [-0.2, -0.15) is 4.98 Å². The summed E-state index contributed by atoms with van der Waals surface area (Å²) in [4.78, 5) is 10.9. The zero-order chi connectivity index (χ0) is 14.2. The molecule has 1 fully saturated rings. The van der Waals surface area contributed by atoms with Crippen LogP contribution in [0, 0.1) is 6.92 Å². The maximum Gasteiger partial charge on any atom is 0.240 e. The molecule has 2 aromatic rings. The lowest BCUT2D eigenvalue weighted by molar-refractivity contribution is 0.214. The lowest BCUT2D eigenvalue weighted by Crippen LogP contribution is -2.39. The largest absolute Gasteiger partial charge is 0.394 e. The lowest BCUT2D eigenvalue weighted by Gasteiger charge is -2.29. The van der Waals surface area contributed by atoms with Crippen molar-refractivity contribution >= 4 is 33.3 Å².